The lowest BCUT2D eigenvalue weighted by atomic mass is 10.0. The molecule has 142 valence electrons. The van der Waals surface area contributed by atoms with Gasteiger partial charge in [0.25, 0.3) is 0 Å². The molecule has 0 radical (unpaired) electrons. The monoisotopic (exact) mass is 369 g/mol. The number of rotatable bonds is 9. The van der Waals surface area contributed by atoms with Crippen LogP contribution in [0.3, 0.4) is 0 Å². The first-order valence-electron chi connectivity index (χ1n) is 8.63. The summed E-state index contributed by atoms with van der Waals surface area (Å²) in [4.78, 5) is 12.3. The van der Waals surface area contributed by atoms with E-state index in [1.54, 1.807) is 13.8 Å². The Morgan fingerprint density at radius 2 is 1.72 bits per heavy atom. The van der Waals surface area contributed by atoms with E-state index in [-0.39, 0.29) is 29.8 Å². The average molecular weight is 370 g/mol. The highest BCUT2D eigenvalue weighted by molar-refractivity contribution is 7.89. The topological polar surface area (TPSA) is 101 Å². The van der Waals surface area contributed by atoms with Crippen LogP contribution in [0.4, 0.5) is 0 Å². The lowest BCUT2D eigenvalue weighted by molar-refractivity contribution is -0.121. The van der Waals surface area contributed by atoms with E-state index < -0.39 is 10.0 Å². The Hall–Kier alpha value is -1.44. The van der Waals surface area contributed by atoms with Crippen LogP contribution in [0.2, 0.25) is 0 Å². The number of carbonyl (C=O) groups excluding carboxylic acids is 1. The van der Waals surface area contributed by atoms with Gasteiger partial charge in [0.05, 0.1) is 4.90 Å². The Morgan fingerprint density at radius 1 is 1.16 bits per heavy atom. The second-order valence-electron chi connectivity index (χ2n) is 7.01. The molecule has 1 unspecified atom stereocenters. The van der Waals surface area contributed by atoms with Crippen LogP contribution in [-0.4, -0.2) is 33.5 Å². The molecule has 0 aromatic heterocycles. The molecule has 4 N–H and O–H groups in total. The van der Waals surface area contributed by atoms with E-state index in [9.17, 15) is 13.2 Å². The van der Waals surface area contributed by atoms with Gasteiger partial charge in [-0.3, -0.25) is 4.79 Å². The maximum absolute atomic E-state index is 12.5. The molecule has 0 aliphatic rings. The molecule has 0 saturated heterocycles. The molecule has 1 aromatic carbocycles. The highest BCUT2D eigenvalue weighted by Crippen LogP contribution is 2.21. The van der Waals surface area contributed by atoms with E-state index in [1.807, 2.05) is 19.1 Å². The fourth-order valence-electron chi connectivity index (χ4n) is 3.04. The van der Waals surface area contributed by atoms with Crippen LogP contribution in [-0.2, 0) is 14.8 Å². The molecule has 0 saturated carbocycles. The summed E-state index contributed by atoms with van der Waals surface area (Å²) in [6, 6.07) is 3.60. The third kappa shape index (κ3) is 6.76. The molecule has 1 amide bonds. The van der Waals surface area contributed by atoms with Gasteiger partial charge < -0.3 is 11.1 Å². The summed E-state index contributed by atoms with van der Waals surface area (Å²) < 4.78 is 27.6. The van der Waals surface area contributed by atoms with Crippen molar-refractivity contribution >= 4 is 15.9 Å². The summed E-state index contributed by atoms with van der Waals surface area (Å²) in [5.41, 5.74) is 8.09. The van der Waals surface area contributed by atoms with E-state index in [2.05, 4.69) is 23.9 Å². The van der Waals surface area contributed by atoms with Gasteiger partial charge in [0.1, 0.15) is 0 Å². The van der Waals surface area contributed by atoms with Crippen molar-refractivity contribution in [2.45, 2.75) is 58.4 Å². The van der Waals surface area contributed by atoms with Crippen molar-refractivity contribution in [3.63, 3.8) is 0 Å². The van der Waals surface area contributed by atoms with E-state index in [4.69, 9.17) is 5.73 Å². The number of benzene rings is 1. The Morgan fingerprint density at radius 3 is 2.20 bits per heavy atom. The van der Waals surface area contributed by atoms with Gasteiger partial charge >= 0.3 is 0 Å². The molecule has 25 heavy (non-hydrogen) atoms. The highest BCUT2D eigenvalue weighted by Gasteiger charge is 2.20. The molecule has 0 aliphatic carbocycles. The van der Waals surface area contributed by atoms with E-state index in [1.165, 1.54) is 0 Å². The molecule has 0 aliphatic heterocycles. The molecule has 0 spiro atoms. The summed E-state index contributed by atoms with van der Waals surface area (Å²) in [5, 5.41) is 2.86. The van der Waals surface area contributed by atoms with Crippen LogP contribution in [0.25, 0.3) is 0 Å². The zero-order valence-electron chi connectivity index (χ0n) is 15.8. The quantitative estimate of drug-likeness (QED) is 0.617. The van der Waals surface area contributed by atoms with Crippen LogP contribution in [0.1, 0.15) is 43.4 Å². The first-order chi connectivity index (χ1) is 11.6. The maximum Gasteiger partial charge on any atom is 0.241 e. The highest BCUT2D eigenvalue weighted by atomic mass is 32.2. The Kier molecular flexibility index (Phi) is 8.05. The Balaban J connectivity index is 2.64. The molecule has 1 rings (SSSR count). The fraction of sp³-hybridized carbons (Fsp3) is 0.611. The zero-order valence-corrected chi connectivity index (χ0v) is 16.7. The summed E-state index contributed by atoms with van der Waals surface area (Å²) >= 11 is 0. The predicted molar refractivity (Wildman–Crippen MR) is 101 cm³/mol. The number of nitrogens with one attached hydrogen (secondary N) is 2. The van der Waals surface area contributed by atoms with Gasteiger partial charge in [0.2, 0.25) is 15.9 Å². The molecule has 1 atom stereocenters. The number of carbonyl (C=O) groups is 1. The van der Waals surface area contributed by atoms with Crippen LogP contribution < -0.4 is 15.8 Å². The number of aryl methyl sites for hydroxylation is 3. The molecule has 6 nitrogen and oxygen atoms in total. The van der Waals surface area contributed by atoms with Crippen LogP contribution >= 0.6 is 0 Å². The van der Waals surface area contributed by atoms with Gasteiger partial charge in [-0.1, -0.05) is 31.5 Å². The van der Waals surface area contributed by atoms with Gasteiger partial charge in [0, 0.05) is 25.6 Å². The van der Waals surface area contributed by atoms with Gasteiger partial charge in [-0.2, -0.15) is 0 Å². The van der Waals surface area contributed by atoms with Gasteiger partial charge in [0.15, 0.2) is 0 Å². The maximum atomic E-state index is 12.5. The molecule has 0 heterocycles. The number of sulfonamides is 1. The number of hydrogen-bond donors (Lipinski definition) is 3. The van der Waals surface area contributed by atoms with Crippen molar-refractivity contribution < 1.29 is 13.2 Å². The van der Waals surface area contributed by atoms with Crippen molar-refractivity contribution in [1.82, 2.24) is 10.0 Å². The van der Waals surface area contributed by atoms with Crippen molar-refractivity contribution in [2.24, 2.45) is 11.7 Å². The third-order valence-corrected chi connectivity index (χ3v) is 5.69. The van der Waals surface area contributed by atoms with Gasteiger partial charge in [-0.05, 0) is 44.2 Å². The van der Waals surface area contributed by atoms with Crippen molar-refractivity contribution in [1.29, 1.82) is 0 Å². The second-order valence-corrected chi connectivity index (χ2v) is 8.71. The minimum Gasteiger partial charge on any atom is -0.352 e. The normalized spacial score (nSPS) is 13.1. The molecule has 7 heteroatoms. The zero-order chi connectivity index (χ0) is 19.2. The summed E-state index contributed by atoms with van der Waals surface area (Å²) in [5.74, 6) is 0.232. The van der Waals surface area contributed by atoms with E-state index >= 15 is 0 Å². The number of nitrogens with two attached hydrogens (primary N) is 1. The van der Waals surface area contributed by atoms with Crippen molar-refractivity contribution in [3.8, 4) is 0 Å². The first-order valence-corrected chi connectivity index (χ1v) is 10.1. The van der Waals surface area contributed by atoms with E-state index in [0.717, 1.165) is 12.0 Å². The second kappa shape index (κ2) is 9.31. The van der Waals surface area contributed by atoms with Crippen LogP contribution in [0.5, 0.6) is 0 Å². The van der Waals surface area contributed by atoms with Crippen molar-refractivity contribution in [2.75, 3.05) is 13.1 Å². The molecular formula is C18H31N3O3S. The Labute approximate surface area is 151 Å². The summed E-state index contributed by atoms with van der Waals surface area (Å²) in [6.07, 6.45) is 0.882. The standard InChI is InChI=1S/C18H31N3O3S/c1-12(2)8-16(11-19)21-17(22)6-7-20-25(23,24)18-14(4)9-13(3)10-15(18)5/h9-10,12,16,20H,6-8,11,19H2,1-5H3,(H,21,22). The predicted octanol–water partition coefficient (Wildman–Crippen LogP) is 1.77. The number of amides is 1. The smallest absolute Gasteiger partial charge is 0.241 e. The minimum absolute atomic E-state index is 0.0554. The largest absolute Gasteiger partial charge is 0.352 e. The fourth-order valence-corrected chi connectivity index (χ4v) is 4.53. The minimum atomic E-state index is -3.64. The Bertz CT molecular complexity index is 677. The first kappa shape index (κ1) is 21.6. The summed E-state index contributed by atoms with van der Waals surface area (Å²) in [7, 11) is -3.64. The van der Waals surface area contributed by atoms with E-state index in [0.29, 0.717) is 23.6 Å². The SMILES string of the molecule is Cc1cc(C)c(S(=O)(=O)NCCC(=O)NC(CN)CC(C)C)c(C)c1. The summed E-state index contributed by atoms with van der Waals surface area (Å²) in [6.45, 7) is 10.0. The van der Waals surface area contributed by atoms with Crippen LogP contribution in [0.15, 0.2) is 17.0 Å². The van der Waals surface area contributed by atoms with Crippen molar-refractivity contribution in [3.05, 3.63) is 28.8 Å². The van der Waals surface area contributed by atoms with Gasteiger partial charge in [-0.25, -0.2) is 13.1 Å². The molecule has 1 aromatic rings. The molecule has 0 bridgehead atoms. The number of hydrogen-bond acceptors (Lipinski definition) is 4. The lowest BCUT2D eigenvalue weighted by Gasteiger charge is -2.19. The lowest BCUT2D eigenvalue weighted by Crippen LogP contribution is -2.42. The molecular weight excluding hydrogens is 338 g/mol. The van der Waals surface area contributed by atoms with Crippen LogP contribution in [0, 0.1) is 26.7 Å². The third-order valence-electron chi connectivity index (χ3n) is 3.92. The molecule has 0 fully saturated rings. The average Bonchev–Trinajstić information content (AvgIpc) is 2.44. The van der Waals surface area contributed by atoms with Gasteiger partial charge in [-0.15, -0.1) is 0 Å².